The van der Waals surface area contributed by atoms with Crippen molar-refractivity contribution in [2.75, 3.05) is 18.1 Å². The minimum atomic E-state index is -0.680. The van der Waals surface area contributed by atoms with E-state index in [1.807, 2.05) is 61.5 Å². The second-order valence-electron chi connectivity index (χ2n) is 7.73. The van der Waals surface area contributed by atoms with Crippen molar-refractivity contribution in [3.63, 3.8) is 0 Å². The van der Waals surface area contributed by atoms with Crippen LogP contribution in [0, 0.1) is 0 Å². The lowest BCUT2D eigenvalue weighted by Crippen LogP contribution is -2.39. The number of nitrogens with one attached hydrogen (secondary N) is 1. The number of rotatable bonds is 7. The molecule has 0 radical (unpaired) electrons. The molecular formula is C26H24N2O5. The van der Waals surface area contributed by atoms with E-state index in [0.29, 0.717) is 17.1 Å². The van der Waals surface area contributed by atoms with Gasteiger partial charge in [-0.15, -0.1) is 0 Å². The fourth-order valence-electron chi connectivity index (χ4n) is 3.76. The summed E-state index contributed by atoms with van der Waals surface area (Å²) >= 11 is 0. The summed E-state index contributed by atoms with van der Waals surface area (Å²) in [6.07, 6.45) is 0.765. The number of esters is 1. The van der Waals surface area contributed by atoms with Crippen molar-refractivity contribution < 1.29 is 23.9 Å². The molecule has 0 aromatic heterocycles. The second kappa shape index (κ2) is 9.99. The molecule has 4 rings (SSSR count). The number of para-hydroxylation sites is 2. The van der Waals surface area contributed by atoms with E-state index in [1.54, 1.807) is 29.2 Å². The maximum absolute atomic E-state index is 12.6. The Morgan fingerprint density at radius 1 is 0.909 bits per heavy atom. The maximum atomic E-state index is 12.6. The minimum Gasteiger partial charge on any atom is -0.457 e. The van der Waals surface area contributed by atoms with Crippen LogP contribution in [0.15, 0.2) is 78.9 Å². The first-order chi connectivity index (χ1) is 16.0. The van der Waals surface area contributed by atoms with Crippen molar-refractivity contribution in [1.82, 2.24) is 5.32 Å². The molecule has 7 nitrogen and oxygen atoms in total. The van der Waals surface area contributed by atoms with Gasteiger partial charge < -0.3 is 19.7 Å². The lowest BCUT2D eigenvalue weighted by atomic mass is 10.1. The van der Waals surface area contributed by atoms with E-state index in [2.05, 4.69) is 5.32 Å². The molecule has 0 unspecified atom stereocenters. The van der Waals surface area contributed by atoms with Crippen molar-refractivity contribution >= 4 is 23.5 Å². The Balaban J connectivity index is 1.23. The Morgan fingerprint density at radius 3 is 2.33 bits per heavy atom. The largest absolute Gasteiger partial charge is 0.457 e. The lowest BCUT2D eigenvalue weighted by molar-refractivity contribution is -0.146. The molecule has 0 fully saturated rings. The number of anilines is 1. The fourth-order valence-corrected chi connectivity index (χ4v) is 3.76. The van der Waals surface area contributed by atoms with Gasteiger partial charge in [0.25, 0.3) is 11.8 Å². The number of hydrogen-bond acceptors (Lipinski definition) is 5. The number of ether oxygens (including phenoxy) is 2. The summed E-state index contributed by atoms with van der Waals surface area (Å²) in [6, 6.07) is 23.5. The summed E-state index contributed by atoms with van der Waals surface area (Å²) in [6.45, 7) is 1.25. The zero-order valence-electron chi connectivity index (χ0n) is 18.2. The van der Waals surface area contributed by atoms with Crippen molar-refractivity contribution in [3.8, 4) is 11.5 Å². The Kier molecular flexibility index (Phi) is 6.69. The summed E-state index contributed by atoms with van der Waals surface area (Å²) in [5.74, 6) is -0.110. The Bertz CT molecular complexity index is 1140. The average molecular weight is 444 g/mol. The number of fused-ring (bicyclic) bond motifs is 1. The van der Waals surface area contributed by atoms with Gasteiger partial charge in [0.15, 0.2) is 6.61 Å². The molecule has 0 aliphatic carbocycles. The molecule has 7 heteroatoms. The van der Waals surface area contributed by atoms with E-state index in [-0.39, 0.29) is 25.1 Å². The van der Waals surface area contributed by atoms with Crippen LogP contribution >= 0.6 is 0 Å². The van der Waals surface area contributed by atoms with E-state index >= 15 is 0 Å². The standard InChI is InChI=1S/C26H24N2O5/c1-18-15-20-7-5-6-10-23(20)28(18)24(29)17-32-25(30)16-27-26(31)19-11-13-22(14-12-19)33-21-8-3-2-4-9-21/h2-14,18H,15-17H2,1H3,(H,27,31)/t18-/m0/s1. The number of carbonyl (C=O) groups excluding carboxylic acids is 3. The van der Waals surface area contributed by atoms with E-state index in [9.17, 15) is 14.4 Å². The summed E-state index contributed by atoms with van der Waals surface area (Å²) in [7, 11) is 0. The number of benzene rings is 3. The van der Waals surface area contributed by atoms with Crippen LogP contribution in [0.1, 0.15) is 22.8 Å². The average Bonchev–Trinajstić information content (AvgIpc) is 3.18. The van der Waals surface area contributed by atoms with Crippen molar-refractivity contribution in [2.24, 2.45) is 0 Å². The zero-order chi connectivity index (χ0) is 23.2. The SMILES string of the molecule is C[C@H]1Cc2ccccc2N1C(=O)COC(=O)CNC(=O)c1ccc(Oc2ccccc2)cc1. The van der Waals surface area contributed by atoms with Gasteiger partial charge in [0.1, 0.15) is 18.0 Å². The van der Waals surface area contributed by atoms with E-state index in [4.69, 9.17) is 9.47 Å². The van der Waals surface area contributed by atoms with Crippen LogP contribution in [0.3, 0.4) is 0 Å². The molecule has 3 aromatic rings. The third kappa shape index (κ3) is 5.38. The highest BCUT2D eigenvalue weighted by atomic mass is 16.5. The molecule has 1 N–H and O–H groups in total. The summed E-state index contributed by atoms with van der Waals surface area (Å²) in [5.41, 5.74) is 2.32. The van der Waals surface area contributed by atoms with Crippen molar-refractivity contribution in [1.29, 1.82) is 0 Å². The zero-order valence-corrected chi connectivity index (χ0v) is 18.2. The van der Waals surface area contributed by atoms with Gasteiger partial charge in [0, 0.05) is 17.3 Å². The fraction of sp³-hybridized carbons (Fsp3) is 0.192. The predicted octanol–water partition coefficient (Wildman–Crippen LogP) is 3.73. The van der Waals surface area contributed by atoms with Gasteiger partial charge in [-0.2, -0.15) is 0 Å². The van der Waals surface area contributed by atoms with Gasteiger partial charge in [-0.05, 0) is 61.4 Å². The van der Waals surface area contributed by atoms with Crippen LogP contribution in [0.4, 0.5) is 5.69 Å². The first kappa shape index (κ1) is 22.1. The molecule has 0 bridgehead atoms. The molecule has 2 amide bonds. The number of nitrogens with zero attached hydrogens (tertiary/aromatic N) is 1. The van der Waals surface area contributed by atoms with Crippen molar-refractivity contribution in [2.45, 2.75) is 19.4 Å². The molecule has 1 heterocycles. The summed E-state index contributed by atoms with van der Waals surface area (Å²) in [4.78, 5) is 38.6. The number of hydrogen-bond donors (Lipinski definition) is 1. The molecule has 3 aromatic carbocycles. The molecule has 1 aliphatic heterocycles. The highest BCUT2D eigenvalue weighted by Crippen LogP contribution is 2.31. The van der Waals surface area contributed by atoms with Gasteiger partial charge in [0.2, 0.25) is 0 Å². The third-order valence-corrected chi connectivity index (χ3v) is 5.32. The molecule has 0 spiro atoms. The van der Waals surface area contributed by atoms with Crippen LogP contribution < -0.4 is 15.0 Å². The molecule has 168 valence electrons. The highest BCUT2D eigenvalue weighted by Gasteiger charge is 2.30. The molecule has 0 saturated carbocycles. The maximum Gasteiger partial charge on any atom is 0.325 e. The molecule has 1 aliphatic rings. The summed E-state index contributed by atoms with van der Waals surface area (Å²) < 4.78 is 10.8. The topological polar surface area (TPSA) is 84.9 Å². The first-order valence-electron chi connectivity index (χ1n) is 10.7. The van der Waals surface area contributed by atoms with Crippen LogP contribution in [-0.2, 0) is 20.7 Å². The normalized spacial score (nSPS) is 14.3. The van der Waals surface area contributed by atoms with E-state index in [0.717, 1.165) is 17.7 Å². The molecule has 0 saturated heterocycles. The lowest BCUT2D eigenvalue weighted by Gasteiger charge is -2.22. The quantitative estimate of drug-likeness (QED) is 0.562. The highest BCUT2D eigenvalue weighted by molar-refractivity contribution is 5.98. The molecule has 33 heavy (non-hydrogen) atoms. The predicted molar refractivity (Wildman–Crippen MR) is 123 cm³/mol. The summed E-state index contributed by atoms with van der Waals surface area (Å²) in [5, 5.41) is 2.51. The van der Waals surface area contributed by atoms with Gasteiger partial charge in [-0.1, -0.05) is 36.4 Å². The van der Waals surface area contributed by atoms with Crippen molar-refractivity contribution in [3.05, 3.63) is 90.0 Å². The second-order valence-corrected chi connectivity index (χ2v) is 7.73. The van der Waals surface area contributed by atoms with E-state index in [1.165, 1.54) is 0 Å². The van der Waals surface area contributed by atoms with Crippen LogP contribution in [0.5, 0.6) is 11.5 Å². The Hall–Kier alpha value is -4.13. The first-order valence-corrected chi connectivity index (χ1v) is 10.7. The van der Waals surface area contributed by atoms with Gasteiger partial charge in [-0.3, -0.25) is 14.4 Å². The molecule has 1 atom stereocenters. The van der Waals surface area contributed by atoms with Crippen LogP contribution in [-0.4, -0.2) is 37.0 Å². The minimum absolute atomic E-state index is 0.00199. The smallest absolute Gasteiger partial charge is 0.325 e. The number of carbonyl (C=O) groups is 3. The third-order valence-electron chi connectivity index (χ3n) is 5.32. The molecular weight excluding hydrogens is 420 g/mol. The van der Waals surface area contributed by atoms with E-state index < -0.39 is 11.9 Å². The number of amides is 2. The van der Waals surface area contributed by atoms with Crippen LogP contribution in [0.25, 0.3) is 0 Å². The Morgan fingerprint density at radius 2 is 1.58 bits per heavy atom. The van der Waals surface area contributed by atoms with Gasteiger partial charge >= 0.3 is 5.97 Å². The monoisotopic (exact) mass is 444 g/mol. The Labute approximate surface area is 191 Å². The van der Waals surface area contributed by atoms with Gasteiger partial charge in [0.05, 0.1) is 0 Å². The van der Waals surface area contributed by atoms with Gasteiger partial charge in [-0.25, -0.2) is 0 Å². The van der Waals surface area contributed by atoms with Crippen LogP contribution in [0.2, 0.25) is 0 Å².